The van der Waals surface area contributed by atoms with Crippen LogP contribution < -0.4 is 5.32 Å². The van der Waals surface area contributed by atoms with Crippen molar-refractivity contribution in [3.05, 3.63) is 45.1 Å². The van der Waals surface area contributed by atoms with Crippen LogP contribution >= 0.6 is 0 Å². The summed E-state index contributed by atoms with van der Waals surface area (Å²) in [6, 6.07) is 1.89. The van der Waals surface area contributed by atoms with E-state index in [9.17, 15) is 24.8 Å². The van der Waals surface area contributed by atoms with Crippen LogP contribution in [-0.4, -0.2) is 40.6 Å². The van der Waals surface area contributed by atoms with Gasteiger partial charge in [-0.2, -0.15) is 0 Å². The molecule has 1 aromatic carbocycles. The minimum Gasteiger partial charge on any atom is -0.508 e. The summed E-state index contributed by atoms with van der Waals surface area (Å²) < 4.78 is 4.77. The Morgan fingerprint density at radius 3 is 2.71 bits per heavy atom. The second-order valence-corrected chi connectivity index (χ2v) is 5.12. The van der Waals surface area contributed by atoms with Crippen LogP contribution in [0.2, 0.25) is 0 Å². The standard InChI is InChI=1S/C15H17N3O6/c1-4-17-8(2)12(14(20)24-3)13(16-15(17)21)10-7-9(18(22)23)5-6-11(10)19/h5-7,13,19H,4H2,1-3H3,(H,16,21). The highest BCUT2D eigenvalue weighted by Gasteiger charge is 2.37. The van der Waals surface area contributed by atoms with Crippen LogP contribution in [0.1, 0.15) is 25.5 Å². The summed E-state index contributed by atoms with van der Waals surface area (Å²) in [5, 5.41) is 23.6. The van der Waals surface area contributed by atoms with Gasteiger partial charge < -0.3 is 15.2 Å². The van der Waals surface area contributed by atoms with Crippen molar-refractivity contribution in [1.29, 1.82) is 0 Å². The molecule has 9 heteroatoms. The predicted molar refractivity (Wildman–Crippen MR) is 83.1 cm³/mol. The SMILES string of the molecule is CCN1C(=O)NC(c2cc([N+](=O)[O-])ccc2O)C(C(=O)OC)=C1C. The molecule has 24 heavy (non-hydrogen) atoms. The molecule has 0 fully saturated rings. The lowest BCUT2D eigenvalue weighted by Gasteiger charge is -2.34. The van der Waals surface area contributed by atoms with E-state index in [1.165, 1.54) is 12.0 Å². The number of rotatable bonds is 4. The molecule has 1 aliphatic rings. The van der Waals surface area contributed by atoms with E-state index in [-0.39, 0.29) is 22.6 Å². The van der Waals surface area contributed by atoms with E-state index < -0.39 is 23.0 Å². The molecule has 0 spiro atoms. The number of phenolic OH excluding ortho intramolecular Hbond substituents is 1. The Labute approximate surface area is 137 Å². The van der Waals surface area contributed by atoms with Gasteiger partial charge in [0.1, 0.15) is 5.75 Å². The zero-order valence-electron chi connectivity index (χ0n) is 13.4. The third kappa shape index (κ3) is 2.87. The molecule has 2 N–H and O–H groups in total. The van der Waals surface area contributed by atoms with E-state index in [0.29, 0.717) is 12.2 Å². The number of esters is 1. The zero-order chi connectivity index (χ0) is 18.0. The predicted octanol–water partition coefficient (Wildman–Crippen LogP) is 1.83. The van der Waals surface area contributed by atoms with Crippen molar-refractivity contribution < 1.29 is 24.4 Å². The minimum absolute atomic E-state index is 0.0491. The number of hydrogen-bond acceptors (Lipinski definition) is 6. The average molecular weight is 335 g/mol. The van der Waals surface area contributed by atoms with Crippen LogP contribution in [0.25, 0.3) is 0 Å². The minimum atomic E-state index is -1.05. The molecule has 0 saturated heterocycles. The number of allylic oxidation sites excluding steroid dienone is 1. The highest BCUT2D eigenvalue weighted by Crippen LogP contribution is 2.37. The fraction of sp³-hybridized carbons (Fsp3) is 0.333. The zero-order valence-corrected chi connectivity index (χ0v) is 13.4. The lowest BCUT2D eigenvalue weighted by molar-refractivity contribution is -0.385. The Kier molecular flexibility index (Phi) is 4.72. The summed E-state index contributed by atoms with van der Waals surface area (Å²) >= 11 is 0. The molecule has 1 unspecified atom stereocenters. The molecule has 1 heterocycles. The molecule has 128 valence electrons. The van der Waals surface area contributed by atoms with Gasteiger partial charge in [-0.15, -0.1) is 0 Å². The van der Waals surface area contributed by atoms with Crippen molar-refractivity contribution in [2.24, 2.45) is 0 Å². The third-order valence-corrected chi connectivity index (χ3v) is 3.85. The molecule has 0 saturated carbocycles. The number of non-ortho nitro benzene ring substituents is 1. The van der Waals surface area contributed by atoms with Gasteiger partial charge in [-0.1, -0.05) is 0 Å². The Bertz CT molecular complexity index is 743. The smallest absolute Gasteiger partial charge is 0.337 e. The molecule has 0 radical (unpaired) electrons. The number of ether oxygens (including phenoxy) is 1. The van der Waals surface area contributed by atoms with E-state index in [2.05, 4.69) is 5.32 Å². The van der Waals surface area contributed by atoms with E-state index in [1.807, 2.05) is 0 Å². The first-order valence-electron chi connectivity index (χ1n) is 7.16. The number of phenols is 1. The van der Waals surface area contributed by atoms with Crippen LogP contribution in [0.15, 0.2) is 29.5 Å². The number of hydrogen-bond donors (Lipinski definition) is 2. The summed E-state index contributed by atoms with van der Waals surface area (Å²) in [6.45, 7) is 3.64. The Hall–Kier alpha value is -3.10. The first-order chi connectivity index (χ1) is 11.3. The van der Waals surface area contributed by atoms with Gasteiger partial charge in [-0.25, -0.2) is 9.59 Å². The van der Waals surface area contributed by atoms with E-state index in [1.54, 1.807) is 13.8 Å². The largest absolute Gasteiger partial charge is 0.508 e. The van der Waals surface area contributed by atoms with Gasteiger partial charge in [0.15, 0.2) is 0 Å². The molecule has 2 amide bonds. The van der Waals surface area contributed by atoms with Gasteiger partial charge in [-0.3, -0.25) is 15.0 Å². The first kappa shape index (κ1) is 17.3. The van der Waals surface area contributed by atoms with Crippen LogP contribution in [0.5, 0.6) is 5.75 Å². The molecule has 1 atom stereocenters. The highest BCUT2D eigenvalue weighted by molar-refractivity contribution is 5.95. The topological polar surface area (TPSA) is 122 Å². The van der Waals surface area contributed by atoms with Gasteiger partial charge in [0.25, 0.3) is 5.69 Å². The molecule has 0 aliphatic carbocycles. The summed E-state index contributed by atoms with van der Waals surface area (Å²) in [6.07, 6.45) is 0. The fourth-order valence-corrected chi connectivity index (χ4v) is 2.66. The Balaban J connectivity index is 2.65. The number of carbonyl (C=O) groups is 2. The number of urea groups is 1. The monoisotopic (exact) mass is 335 g/mol. The molecule has 1 aliphatic heterocycles. The Morgan fingerprint density at radius 1 is 1.50 bits per heavy atom. The van der Waals surface area contributed by atoms with Crippen molar-refractivity contribution in [2.75, 3.05) is 13.7 Å². The number of nitro groups is 1. The second kappa shape index (κ2) is 6.57. The first-order valence-corrected chi connectivity index (χ1v) is 7.16. The molecule has 9 nitrogen and oxygen atoms in total. The third-order valence-electron chi connectivity index (χ3n) is 3.85. The van der Waals surface area contributed by atoms with E-state index in [4.69, 9.17) is 4.74 Å². The number of benzene rings is 1. The lowest BCUT2D eigenvalue weighted by atomic mass is 9.94. The van der Waals surface area contributed by atoms with E-state index >= 15 is 0 Å². The average Bonchev–Trinajstić information content (AvgIpc) is 2.54. The van der Waals surface area contributed by atoms with Crippen LogP contribution in [0, 0.1) is 10.1 Å². The summed E-state index contributed by atoms with van der Waals surface area (Å²) in [4.78, 5) is 36.1. The number of methoxy groups -OCH3 is 1. The number of carbonyl (C=O) groups excluding carboxylic acids is 2. The lowest BCUT2D eigenvalue weighted by Crippen LogP contribution is -2.47. The van der Waals surface area contributed by atoms with E-state index in [0.717, 1.165) is 18.2 Å². The molecular weight excluding hydrogens is 318 g/mol. The summed E-state index contributed by atoms with van der Waals surface area (Å²) in [5.74, 6) is -0.966. The van der Waals surface area contributed by atoms with Crippen molar-refractivity contribution >= 4 is 17.7 Å². The molecule has 1 aromatic rings. The molecule has 0 aromatic heterocycles. The number of aromatic hydroxyl groups is 1. The van der Waals surface area contributed by atoms with Gasteiger partial charge in [0, 0.05) is 29.9 Å². The number of nitrogens with one attached hydrogen (secondary N) is 1. The molecule has 0 bridgehead atoms. The maximum Gasteiger partial charge on any atom is 0.337 e. The van der Waals surface area contributed by atoms with Gasteiger partial charge >= 0.3 is 12.0 Å². The highest BCUT2D eigenvalue weighted by atomic mass is 16.6. The number of amides is 2. The maximum atomic E-state index is 12.2. The number of nitrogens with zero attached hydrogens (tertiary/aromatic N) is 2. The second-order valence-electron chi connectivity index (χ2n) is 5.12. The maximum absolute atomic E-state index is 12.2. The van der Waals surface area contributed by atoms with Gasteiger partial charge in [-0.05, 0) is 19.9 Å². The van der Waals surface area contributed by atoms with Crippen molar-refractivity contribution in [1.82, 2.24) is 10.2 Å². The fourth-order valence-electron chi connectivity index (χ4n) is 2.66. The quantitative estimate of drug-likeness (QED) is 0.492. The normalized spacial score (nSPS) is 17.5. The van der Waals surface area contributed by atoms with Crippen molar-refractivity contribution in [3.8, 4) is 5.75 Å². The van der Waals surface area contributed by atoms with Gasteiger partial charge in [0.2, 0.25) is 0 Å². The van der Waals surface area contributed by atoms with Gasteiger partial charge in [0.05, 0.1) is 23.6 Å². The van der Waals surface area contributed by atoms with Crippen LogP contribution in [0.3, 0.4) is 0 Å². The van der Waals surface area contributed by atoms with Crippen molar-refractivity contribution in [2.45, 2.75) is 19.9 Å². The summed E-state index contributed by atoms with van der Waals surface area (Å²) in [7, 11) is 1.19. The van der Waals surface area contributed by atoms with Crippen molar-refractivity contribution in [3.63, 3.8) is 0 Å². The van der Waals surface area contributed by atoms with Crippen LogP contribution in [-0.2, 0) is 9.53 Å². The summed E-state index contributed by atoms with van der Waals surface area (Å²) in [5.41, 5.74) is 0.253. The van der Waals surface area contributed by atoms with Crippen LogP contribution in [0.4, 0.5) is 10.5 Å². The number of nitro benzene ring substituents is 1. The Morgan fingerprint density at radius 2 is 2.17 bits per heavy atom. The molecule has 2 rings (SSSR count). The molecular formula is C15H17N3O6.